The van der Waals surface area contributed by atoms with Crippen LogP contribution in [0, 0.1) is 5.82 Å². The summed E-state index contributed by atoms with van der Waals surface area (Å²) in [4.78, 5) is 11.8. The molecule has 6 heteroatoms. The van der Waals surface area contributed by atoms with Crippen molar-refractivity contribution in [3.8, 4) is 0 Å². The van der Waals surface area contributed by atoms with Crippen LogP contribution in [0.4, 0.5) is 4.39 Å². The monoisotopic (exact) mass is 285 g/mol. The van der Waals surface area contributed by atoms with E-state index in [0.717, 1.165) is 5.56 Å². The first-order chi connectivity index (χ1) is 10.2. The number of hydrogen-bond donors (Lipinski definition) is 0. The smallest absolute Gasteiger partial charge is 0.355 e. The van der Waals surface area contributed by atoms with Crippen LogP contribution < -0.4 is 0 Å². The predicted molar refractivity (Wildman–Crippen MR) is 73.5 cm³/mol. The summed E-state index contributed by atoms with van der Waals surface area (Å²) in [5, 5.41) is 8.14. The van der Waals surface area contributed by atoms with Crippen molar-refractivity contribution in [2.45, 2.75) is 6.42 Å². The van der Waals surface area contributed by atoms with Crippen molar-refractivity contribution in [2.24, 2.45) is 0 Å². The largest absolute Gasteiger partial charge is 0.464 e. The number of fused-ring (bicyclic) bond motifs is 1. The molecule has 3 aromatic rings. The van der Waals surface area contributed by atoms with Gasteiger partial charge in [-0.05, 0) is 29.8 Å². The third-order valence-corrected chi connectivity index (χ3v) is 3.17. The first-order valence-electron chi connectivity index (χ1n) is 6.35. The van der Waals surface area contributed by atoms with Gasteiger partial charge in [0.2, 0.25) is 0 Å². The highest BCUT2D eigenvalue weighted by atomic mass is 19.1. The fourth-order valence-electron chi connectivity index (χ4n) is 2.16. The van der Waals surface area contributed by atoms with E-state index in [4.69, 9.17) is 4.74 Å². The van der Waals surface area contributed by atoms with Crippen molar-refractivity contribution >= 4 is 11.6 Å². The third-order valence-electron chi connectivity index (χ3n) is 3.17. The van der Waals surface area contributed by atoms with Gasteiger partial charge in [0.15, 0.2) is 5.65 Å². The van der Waals surface area contributed by atoms with E-state index in [-0.39, 0.29) is 5.82 Å². The molecular formula is C15H12FN3O2. The molecule has 0 bridgehead atoms. The number of esters is 1. The Hall–Kier alpha value is -2.76. The zero-order valence-corrected chi connectivity index (χ0v) is 11.3. The number of aromatic nitrogens is 3. The summed E-state index contributed by atoms with van der Waals surface area (Å²) < 4.78 is 19.4. The summed E-state index contributed by atoms with van der Waals surface area (Å²) in [7, 11) is 1.32. The SMILES string of the molecule is COC(=O)c1cccc2nnc(Cc3ccc(F)cc3)n12. The Balaban J connectivity index is 2.06. The summed E-state index contributed by atoms with van der Waals surface area (Å²) in [6.45, 7) is 0. The van der Waals surface area contributed by atoms with Crippen molar-refractivity contribution in [1.82, 2.24) is 14.6 Å². The number of hydrogen-bond acceptors (Lipinski definition) is 4. The summed E-state index contributed by atoms with van der Waals surface area (Å²) in [6, 6.07) is 11.3. The van der Waals surface area contributed by atoms with Gasteiger partial charge in [-0.25, -0.2) is 9.18 Å². The van der Waals surface area contributed by atoms with Crippen LogP contribution in [0.1, 0.15) is 21.9 Å². The van der Waals surface area contributed by atoms with E-state index in [1.54, 1.807) is 34.7 Å². The maximum atomic E-state index is 12.9. The zero-order valence-electron chi connectivity index (χ0n) is 11.3. The Morgan fingerprint density at radius 2 is 1.95 bits per heavy atom. The molecule has 3 rings (SSSR count). The van der Waals surface area contributed by atoms with E-state index in [0.29, 0.717) is 23.6 Å². The van der Waals surface area contributed by atoms with Gasteiger partial charge in [0, 0.05) is 6.42 Å². The van der Waals surface area contributed by atoms with E-state index in [1.165, 1.54) is 19.2 Å². The van der Waals surface area contributed by atoms with Gasteiger partial charge in [0.1, 0.15) is 17.3 Å². The molecule has 0 saturated carbocycles. The average Bonchev–Trinajstić information content (AvgIpc) is 2.92. The van der Waals surface area contributed by atoms with Crippen molar-refractivity contribution < 1.29 is 13.9 Å². The third kappa shape index (κ3) is 2.47. The Morgan fingerprint density at radius 3 is 2.67 bits per heavy atom. The number of pyridine rings is 1. The molecule has 0 N–H and O–H groups in total. The fraction of sp³-hybridized carbons (Fsp3) is 0.133. The van der Waals surface area contributed by atoms with Crippen LogP contribution in [-0.2, 0) is 11.2 Å². The molecule has 0 radical (unpaired) electrons. The highest BCUT2D eigenvalue weighted by Gasteiger charge is 2.15. The van der Waals surface area contributed by atoms with Gasteiger partial charge in [-0.15, -0.1) is 10.2 Å². The van der Waals surface area contributed by atoms with Gasteiger partial charge in [0.05, 0.1) is 7.11 Å². The van der Waals surface area contributed by atoms with Crippen LogP contribution in [0.2, 0.25) is 0 Å². The first kappa shape index (κ1) is 13.2. The van der Waals surface area contributed by atoms with Gasteiger partial charge in [-0.3, -0.25) is 4.40 Å². The van der Waals surface area contributed by atoms with E-state index in [9.17, 15) is 9.18 Å². The normalized spacial score (nSPS) is 10.8. The summed E-state index contributed by atoms with van der Waals surface area (Å²) in [6.07, 6.45) is 0.440. The second-order valence-electron chi connectivity index (χ2n) is 4.52. The van der Waals surface area contributed by atoms with Crippen LogP contribution in [-0.4, -0.2) is 27.7 Å². The maximum Gasteiger partial charge on any atom is 0.355 e. The summed E-state index contributed by atoms with van der Waals surface area (Å²) in [5.74, 6) is -0.154. The molecule has 2 heterocycles. The minimum atomic E-state index is -0.458. The number of carbonyl (C=O) groups excluding carboxylic acids is 1. The molecular weight excluding hydrogens is 273 g/mol. The van der Waals surface area contributed by atoms with Crippen molar-refractivity contribution in [2.75, 3.05) is 7.11 Å². The van der Waals surface area contributed by atoms with Crippen LogP contribution >= 0.6 is 0 Å². The van der Waals surface area contributed by atoms with Gasteiger partial charge < -0.3 is 4.74 Å². The Bertz CT molecular complexity index is 796. The second-order valence-corrected chi connectivity index (χ2v) is 4.52. The molecule has 0 atom stereocenters. The van der Waals surface area contributed by atoms with E-state index >= 15 is 0 Å². The molecule has 1 aromatic carbocycles. The van der Waals surface area contributed by atoms with Gasteiger partial charge in [-0.1, -0.05) is 18.2 Å². The van der Waals surface area contributed by atoms with Crippen molar-refractivity contribution in [1.29, 1.82) is 0 Å². The average molecular weight is 285 g/mol. The van der Waals surface area contributed by atoms with E-state index in [2.05, 4.69) is 10.2 Å². The number of benzene rings is 1. The van der Waals surface area contributed by atoms with Crippen molar-refractivity contribution in [3.05, 3.63) is 65.4 Å². The Morgan fingerprint density at radius 1 is 1.19 bits per heavy atom. The van der Waals surface area contributed by atoms with Crippen LogP contribution in [0.25, 0.3) is 5.65 Å². The molecule has 2 aromatic heterocycles. The number of rotatable bonds is 3. The van der Waals surface area contributed by atoms with Crippen LogP contribution in [0.3, 0.4) is 0 Å². The molecule has 0 unspecified atom stereocenters. The number of ether oxygens (including phenoxy) is 1. The van der Waals surface area contributed by atoms with Gasteiger partial charge >= 0.3 is 5.97 Å². The number of methoxy groups -OCH3 is 1. The molecule has 0 aliphatic heterocycles. The molecule has 0 aliphatic rings. The lowest BCUT2D eigenvalue weighted by Crippen LogP contribution is -2.10. The zero-order chi connectivity index (χ0) is 14.8. The van der Waals surface area contributed by atoms with Gasteiger partial charge in [0.25, 0.3) is 0 Å². The molecule has 5 nitrogen and oxygen atoms in total. The highest BCUT2D eigenvalue weighted by molar-refractivity contribution is 5.88. The van der Waals surface area contributed by atoms with Crippen LogP contribution in [0.15, 0.2) is 42.5 Å². The Kier molecular flexibility index (Phi) is 3.35. The number of nitrogens with zero attached hydrogens (tertiary/aromatic N) is 3. The lowest BCUT2D eigenvalue weighted by molar-refractivity contribution is 0.0592. The first-order valence-corrected chi connectivity index (χ1v) is 6.35. The van der Waals surface area contributed by atoms with Gasteiger partial charge in [-0.2, -0.15) is 0 Å². The molecule has 106 valence electrons. The minimum absolute atomic E-state index is 0.292. The standard InChI is InChI=1S/C15H12FN3O2/c1-21-15(20)12-3-2-4-13-17-18-14(19(12)13)9-10-5-7-11(16)8-6-10/h2-8H,9H2,1H3. The maximum absolute atomic E-state index is 12.9. The molecule has 0 aliphatic carbocycles. The summed E-state index contributed by atoms with van der Waals surface area (Å²) in [5.41, 5.74) is 1.80. The molecule has 21 heavy (non-hydrogen) atoms. The molecule has 0 amide bonds. The number of carbonyl (C=O) groups is 1. The van der Waals surface area contributed by atoms with Crippen molar-refractivity contribution in [3.63, 3.8) is 0 Å². The quantitative estimate of drug-likeness (QED) is 0.693. The summed E-state index contributed by atoms with van der Waals surface area (Å²) >= 11 is 0. The van der Waals surface area contributed by atoms with E-state index < -0.39 is 5.97 Å². The Labute approximate surface area is 120 Å². The number of halogens is 1. The predicted octanol–water partition coefficient (Wildman–Crippen LogP) is 2.25. The lowest BCUT2D eigenvalue weighted by Gasteiger charge is -2.06. The molecule has 0 fully saturated rings. The minimum Gasteiger partial charge on any atom is -0.464 e. The second kappa shape index (κ2) is 5.32. The topological polar surface area (TPSA) is 56.5 Å². The van der Waals surface area contributed by atoms with E-state index in [1.807, 2.05) is 0 Å². The lowest BCUT2D eigenvalue weighted by atomic mass is 10.1. The fourth-order valence-corrected chi connectivity index (χ4v) is 2.16. The highest BCUT2D eigenvalue weighted by Crippen LogP contribution is 2.14. The molecule has 0 saturated heterocycles. The molecule has 0 spiro atoms. The van der Waals surface area contributed by atoms with Crippen LogP contribution in [0.5, 0.6) is 0 Å².